The summed E-state index contributed by atoms with van der Waals surface area (Å²) in [6.45, 7) is 3.01. The Kier molecular flexibility index (Phi) is 6.63. The van der Waals surface area contributed by atoms with Gasteiger partial charge in [-0.05, 0) is 59.4 Å². The summed E-state index contributed by atoms with van der Waals surface area (Å²) < 4.78 is 56.0. The average molecular weight is 482 g/mol. The van der Waals surface area contributed by atoms with Crippen LogP contribution in [0.1, 0.15) is 50.0 Å². The molecule has 3 aromatic rings. The molecule has 1 N–H and O–H groups in total. The van der Waals surface area contributed by atoms with Crippen molar-refractivity contribution >= 4 is 28.9 Å². The van der Waals surface area contributed by atoms with Crippen LogP contribution in [-0.4, -0.2) is 17.3 Å². The number of nitriles is 1. The molecule has 0 saturated heterocycles. The van der Waals surface area contributed by atoms with E-state index in [-0.39, 0.29) is 20.3 Å². The number of aromatic carboxylic acids is 1. The highest BCUT2D eigenvalue weighted by atomic mass is 35.5. The van der Waals surface area contributed by atoms with Gasteiger partial charge in [0, 0.05) is 9.90 Å². The van der Waals surface area contributed by atoms with E-state index in [2.05, 4.69) is 0 Å². The van der Waals surface area contributed by atoms with Crippen molar-refractivity contribution in [2.45, 2.75) is 31.9 Å². The summed E-state index contributed by atoms with van der Waals surface area (Å²) in [6, 6.07) is 11.2. The van der Waals surface area contributed by atoms with Crippen LogP contribution in [0, 0.1) is 24.1 Å². The van der Waals surface area contributed by atoms with Gasteiger partial charge in [-0.1, -0.05) is 36.7 Å². The van der Waals surface area contributed by atoms with Crippen molar-refractivity contribution in [2.24, 2.45) is 0 Å². The minimum absolute atomic E-state index is 0.0329. The fraction of sp³-hybridized carbons (Fsp3) is 0.217. The molecular weight excluding hydrogens is 466 g/mol. The maximum Gasteiger partial charge on any atom is 0.397 e. The number of halogens is 5. The molecule has 0 radical (unpaired) electrons. The molecule has 1 aromatic heterocycles. The lowest BCUT2D eigenvalue weighted by Gasteiger charge is -2.27. The van der Waals surface area contributed by atoms with Crippen LogP contribution in [0.25, 0.3) is 11.1 Å². The number of hydrogen-bond acceptors (Lipinski definition) is 3. The van der Waals surface area contributed by atoms with Crippen molar-refractivity contribution in [2.75, 3.05) is 0 Å². The van der Waals surface area contributed by atoms with E-state index in [0.717, 1.165) is 23.5 Å². The second-order valence-corrected chi connectivity index (χ2v) is 8.81. The quantitative estimate of drug-likeness (QED) is 0.383. The minimum Gasteiger partial charge on any atom is -0.478 e. The van der Waals surface area contributed by atoms with Crippen LogP contribution in [-0.2, 0) is 0 Å². The lowest BCUT2D eigenvalue weighted by molar-refractivity contribution is -0.154. The molecule has 32 heavy (non-hydrogen) atoms. The summed E-state index contributed by atoms with van der Waals surface area (Å²) in [6.07, 6.45) is -4.57. The van der Waals surface area contributed by atoms with Crippen molar-refractivity contribution in [1.29, 1.82) is 5.26 Å². The molecule has 0 bridgehead atoms. The molecule has 0 saturated carbocycles. The number of benzene rings is 2. The maximum absolute atomic E-state index is 14.0. The zero-order valence-corrected chi connectivity index (χ0v) is 18.4. The standard InChI is InChI=1S/C23H16ClF4NO2S/c1-11-7-19(32-20(11)10-29)21(23(26,27)28)12(2)15-5-3-13(8-17(15)24)14-4-6-16(22(30)31)18(25)9-14/h3-9,12,21H,1-2H3,(H,30,31). The summed E-state index contributed by atoms with van der Waals surface area (Å²) >= 11 is 7.15. The highest BCUT2D eigenvalue weighted by Gasteiger charge is 2.46. The number of carbonyl (C=O) groups is 1. The first kappa shape index (κ1) is 23.8. The van der Waals surface area contributed by atoms with Gasteiger partial charge in [0.1, 0.15) is 16.8 Å². The molecule has 0 amide bonds. The van der Waals surface area contributed by atoms with Gasteiger partial charge in [0.25, 0.3) is 0 Å². The van der Waals surface area contributed by atoms with Gasteiger partial charge in [-0.25, -0.2) is 9.18 Å². The highest BCUT2D eigenvalue weighted by Crippen LogP contribution is 2.49. The van der Waals surface area contributed by atoms with E-state index in [0.29, 0.717) is 16.7 Å². The van der Waals surface area contributed by atoms with Crippen LogP contribution in [0.3, 0.4) is 0 Å². The Hall–Kier alpha value is -2.89. The first-order chi connectivity index (χ1) is 14.9. The summed E-state index contributed by atoms with van der Waals surface area (Å²) in [7, 11) is 0. The van der Waals surface area contributed by atoms with Crippen molar-refractivity contribution in [3.8, 4) is 17.2 Å². The molecule has 3 nitrogen and oxygen atoms in total. The lowest BCUT2D eigenvalue weighted by Crippen LogP contribution is -2.25. The Morgan fingerprint density at radius 3 is 2.28 bits per heavy atom. The molecule has 0 aliphatic heterocycles. The molecule has 0 fully saturated rings. The Labute approximate surface area is 190 Å². The van der Waals surface area contributed by atoms with Gasteiger partial charge in [0.2, 0.25) is 0 Å². The van der Waals surface area contributed by atoms with Gasteiger partial charge in [-0.2, -0.15) is 18.4 Å². The monoisotopic (exact) mass is 481 g/mol. The van der Waals surface area contributed by atoms with Gasteiger partial charge in [-0.3, -0.25) is 0 Å². The molecule has 2 atom stereocenters. The predicted octanol–water partition coefficient (Wildman–Crippen LogP) is 7.54. The topological polar surface area (TPSA) is 61.1 Å². The largest absolute Gasteiger partial charge is 0.478 e. The first-order valence-electron chi connectivity index (χ1n) is 9.33. The van der Waals surface area contributed by atoms with E-state index in [1.165, 1.54) is 37.3 Å². The molecule has 3 rings (SSSR count). The third-order valence-electron chi connectivity index (χ3n) is 5.22. The second kappa shape index (κ2) is 8.93. The van der Waals surface area contributed by atoms with Crippen molar-refractivity contribution < 1.29 is 27.5 Å². The van der Waals surface area contributed by atoms with E-state index in [9.17, 15) is 22.4 Å². The molecule has 166 valence electrons. The van der Waals surface area contributed by atoms with Crippen molar-refractivity contribution in [1.82, 2.24) is 0 Å². The summed E-state index contributed by atoms with van der Waals surface area (Å²) in [5.74, 6) is -5.24. The number of alkyl halides is 3. The third kappa shape index (κ3) is 4.64. The number of thiophene rings is 1. The Morgan fingerprint density at radius 1 is 1.16 bits per heavy atom. The molecule has 0 spiro atoms. The predicted molar refractivity (Wildman–Crippen MR) is 115 cm³/mol. The van der Waals surface area contributed by atoms with Crippen LogP contribution in [0.2, 0.25) is 5.02 Å². The van der Waals surface area contributed by atoms with Gasteiger partial charge in [0.05, 0.1) is 11.5 Å². The number of rotatable bonds is 5. The number of carboxylic acid groups (broad SMARTS) is 1. The second-order valence-electron chi connectivity index (χ2n) is 7.32. The van der Waals surface area contributed by atoms with Crippen molar-refractivity contribution in [3.63, 3.8) is 0 Å². The van der Waals surface area contributed by atoms with Gasteiger partial charge in [-0.15, -0.1) is 11.3 Å². The fourth-order valence-corrected chi connectivity index (χ4v) is 5.14. The Balaban J connectivity index is 2.00. The van der Waals surface area contributed by atoms with Crippen LogP contribution in [0.5, 0.6) is 0 Å². The van der Waals surface area contributed by atoms with E-state index >= 15 is 0 Å². The van der Waals surface area contributed by atoms with E-state index in [4.69, 9.17) is 22.0 Å². The van der Waals surface area contributed by atoms with E-state index in [1.807, 2.05) is 6.07 Å². The van der Waals surface area contributed by atoms with Crippen LogP contribution < -0.4 is 0 Å². The van der Waals surface area contributed by atoms with Crippen LogP contribution >= 0.6 is 22.9 Å². The molecule has 2 unspecified atom stereocenters. The zero-order chi connectivity index (χ0) is 23.8. The lowest BCUT2D eigenvalue weighted by atomic mass is 9.85. The summed E-state index contributed by atoms with van der Waals surface area (Å²) in [5, 5.41) is 18.1. The average Bonchev–Trinajstić information content (AvgIpc) is 3.06. The minimum atomic E-state index is -4.57. The molecular formula is C23H16ClF4NO2S. The molecule has 1 heterocycles. The zero-order valence-electron chi connectivity index (χ0n) is 16.8. The highest BCUT2D eigenvalue weighted by molar-refractivity contribution is 7.12. The molecule has 0 aliphatic rings. The smallest absolute Gasteiger partial charge is 0.397 e. The maximum atomic E-state index is 14.0. The van der Waals surface area contributed by atoms with Gasteiger partial charge in [0.15, 0.2) is 0 Å². The van der Waals surface area contributed by atoms with Gasteiger partial charge < -0.3 is 5.11 Å². The number of aryl methyl sites for hydroxylation is 1. The molecule has 0 aliphatic carbocycles. The SMILES string of the molecule is Cc1cc(C(C(C)c2ccc(-c3ccc(C(=O)O)c(F)c3)cc2Cl)C(F)(F)F)sc1C#N. The number of carboxylic acids is 1. The Morgan fingerprint density at radius 2 is 1.78 bits per heavy atom. The van der Waals surface area contributed by atoms with Crippen LogP contribution in [0.4, 0.5) is 17.6 Å². The summed E-state index contributed by atoms with van der Waals surface area (Å²) in [5.41, 5.74) is 1.03. The number of nitrogens with zero attached hydrogens (tertiary/aromatic N) is 1. The molecule has 2 aromatic carbocycles. The van der Waals surface area contributed by atoms with Gasteiger partial charge >= 0.3 is 12.1 Å². The normalized spacial score (nSPS) is 13.4. The number of hydrogen-bond donors (Lipinski definition) is 1. The first-order valence-corrected chi connectivity index (χ1v) is 10.5. The van der Waals surface area contributed by atoms with Crippen LogP contribution in [0.15, 0.2) is 42.5 Å². The van der Waals surface area contributed by atoms with E-state index in [1.54, 1.807) is 6.92 Å². The summed E-state index contributed by atoms with van der Waals surface area (Å²) in [4.78, 5) is 11.2. The van der Waals surface area contributed by atoms with E-state index < -0.39 is 35.4 Å². The molecule has 9 heteroatoms. The third-order valence-corrected chi connectivity index (χ3v) is 6.77. The Bertz CT molecular complexity index is 1230. The fourth-order valence-electron chi connectivity index (χ4n) is 3.59. The van der Waals surface area contributed by atoms with Crippen molar-refractivity contribution in [3.05, 3.63) is 79.7 Å².